The van der Waals surface area contributed by atoms with Gasteiger partial charge in [0.25, 0.3) is 0 Å². The van der Waals surface area contributed by atoms with E-state index in [1.807, 2.05) is 18.3 Å². The van der Waals surface area contributed by atoms with Crippen molar-refractivity contribution in [1.29, 1.82) is 0 Å². The number of benzene rings is 1. The van der Waals surface area contributed by atoms with Crippen molar-refractivity contribution >= 4 is 31.6 Å². The molecule has 1 aliphatic heterocycles. The number of anilines is 1. The van der Waals surface area contributed by atoms with Crippen LogP contribution >= 0.6 is 15.9 Å². The van der Waals surface area contributed by atoms with Gasteiger partial charge in [-0.25, -0.2) is 13.4 Å². The van der Waals surface area contributed by atoms with E-state index in [1.165, 1.54) is 38.4 Å². The molecule has 2 heterocycles. The van der Waals surface area contributed by atoms with Crippen LogP contribution < -0.4 is 4.90 Å². The molecule has 1 atom stereocenters. The predicted molar refractivity (Wildman–Crippen MR) is 119 cm³/mol. The Kier molecular flexibility index (Phi) is 6.32. The Labute approximate surface area is 181 Å². The fourth-order valence-electron chi connectivity index (χ4n) is 4.84. The number of halogens is 1. The highest BCUT2D eigenvalue weighted by Gasteiger charge is 2.35. The van der Waals surface area contributed by atoms with Gasteiger partial charge in [-0.3, -0.25) is 0 Å². The van der Waals surface area contributed by atoms with Gasteiger partial charge in [0.2, 0.25) is 10.0 Å². The van der Waals surface area contributed by atoms with Gasteiger partial charge < -0.3 is 9.88 Å². The number of fused-ring (bicyclic) bond motifs is 1. The van der Waals surface area contributed by atoms with Gasteiger partial charge in [-0.05, 0) is 36.1 Å². The number of H-pyrrole nitrogens is 1. The van der Waals surface area contributed by atoms with Crippen molar-refractivity contribution in [2.24, 2.45) is 5.92 Å². The molecule has 6 nitrogen and oxygen atoms in total. The average molecular weight is 481 g/mol. The van der Waals surface area contributed by atoms with Gasteiger partial charge in [0, 0.05) is 35.5 Å². The maximum atomic E-state index is 12.8. The second-order valence-electron chi connectivity index (χ2n) is 8.42. The second-order valence-corrected chi connectivity index (χ2v) is 11.3. The van der Waals surface area contributed by atoms with Crippen molar-refractivity contribution in [2.45, 2.75) is 57.7 Å². The lowest BCUT2D eigenvalue weighted by molar-refractivity contribution is 0.237. The number of aromatic amines is 1. The number of nitrogens with one attached hydrogen (secondary N) is 1. The minimum atomic E-state index is -3.32. The summed E-state index contributed by atoms with van der Waals surface area (Å²) in [5, 5.41) is 0. The van der Waals surface area contributed by atoms with E-state index < -0.39 is 10.0 Å². The molecule has 1 fully saturated rings. The van der Waals surface area contributed by atoms with E-state index in [-0.39, 0.29) is 6.04 Å². The zero-order valence-electron chi connectivity index (χ0n) is 16.8. The Morgan fingerprint density at radius 1 is 1.24 bits per heavy atom. The molecule has 0 saturated heterocycles. The summed E-state index contributed by atoms with van der Waals surface area (Å²) in [6.07, 6.45) is 12.1. The molecule has 1 aliphatic carbocycles. The number of aromatic nitrogens is 2. The average Bonchev–Trinajstić information content (AvgIpc) is 3.13. The Morgan fingerprint density at radius 2 is 2.03 bits per heavy atom. The highest BCUT2D eigenvalue weighted by Crippen LogP contribution is 2.35. The molecule has 2 aromatic rings. The van der Waals surface area contributed by atoms with Crippen LogP contribution in [-0.2, 0) is 23.1 Å². The molecular weight excluding hydrogens is 452 g/mol. The molecule has 1 N–H and O–H groups in total. The minimum absolute atomic E-state index is 0.0294. The predicted octanol–water partition coefficient (Wildman–Crippen LogP) is 4.29. The lowest BCUT2D eigenvalue weighted by atomic mass is 9.84. The molecular formula is C21H29BrN4O2S. The summed E-state index contributed by atoms with van der Waals surface area (Å²) in [4.78, 5) is 9.73. The van der Waals surface area contributed by atoms with E-state index in [1.54, 1.807) is 10.6 Å². The first-order valence-corrected chi connectivity index (χ1v) is 13.0. The minimum Gasteiger partial charge on any atom is -0.364 e. The summed E-state index contributed by atoms with van der Waals surface area (Å²) in [5.41, 5.74) is 3.09. The van der Waals surface area contributed by atoms with Crippen molar-refractivity contribution in [3.63, 3.8) is 0 Å². The first-order chi connectivity index (χ1) is 13.9. The molecule has 4 rings (SSSR count). The van der Waals surface area contributed by atoms with Crippen molar-refractivity contribution in [3.8, 4) is 0 Å². The highest BCUT2D eigenvalue weighted by atomic mass is 79.9. The lowest BCUT2D eigenvalue weighted by Crippen LogP contribution is -2.45. The molecule has 8 heteroatoms. The number of imidazole rings is 1. The zero-order chi connectivity index (χ0) is 20.4. The quantitative estimate of drug-likeness (QED) is 0.692. The molecule has 0 spiro atoms. The van der Waals surface area contributed by atoms with Crippen LogP contribution in [0.25, 0.3) is 0 Å². The van der Waals surface area contributed by atoms with Crippen LogP contribution in [0.4, 0.5) is 5.69 Å². The van der Waals surface area contributed by atoms with Gasteiger partial charge >= 0.3 is 0 Å². The summed E-state index contributed by atoms with van der Waals surface area (Å²) in [6.45, 7) is 1.77. The van der Waals surface area contributed by atoms with Gasteiger partial charge in [-0.2, -0.15) is 4.31 Å². The van der Waals surface area contributed by atoms with Crippen molar-refractivity contribution in [3.05, 3.63) is 46.5 Å². The first kappa shape index (κ1) is 20.9. The molecule has 0 amide bonds. The first-order valence-electron chi connectivity index (χ1n) is 10.4. The summed E-state index contributed by atoms with van der Waals surface area (Å²) in [5.74, 6) is 0.609. The zero-order valence-corrected chi connectivity index (χ0v) is 19.3. The van der Waals surface area contributed by atoms with Crippen LogP contribution in [0.3, 0.4) is 0 Å². The molecule has 0 radical (unpaired) electrons. The number of hydrogen-bond donors (Lipinski definition) is 1. The highest BCUT2D eigenvalue weighted by molar-refractivity contribution is 9.10. The van der Waals surface area contributed by atoms with E-state index in [2.05, 4.69) is 36.9 Å². The Balaban J connectivity index is 1.69. The van der Waals surface area contributed by atoms with E-state index in [4.69, 9.17) is 0 Å². The number of rotatable bonds is 5. The molecule has 158 valence electrons. The fraction of sp³-hybridized carbons (Fsp3) is 0.571. The standard InChI is InChI=1S/C21H29BrN4O2S/c1-29(27,28)26-12-17-10-18(22)7-8-21(17)25(13-19-11-23-15-24-19)14-20(26)9-16-5-3-2-4-6-16/h7-8,10-11,15-16,20H,2-6,9,12-14H2,1H3,(H,23,24). The van der Waals surface area contributed by atoms with Crippen LogP contribution in [0.15, 0.2) is 35.2 Å². The summed E-state index contributed by atoms with van der Waals surface area (Å²) in [6, 6.07) is 6.14. The molecule has 1 aromatic carbocycles. The van der Waals surface area contributed by atoms with E-state index in [9.17, 15) is 8.42 Å². The number of hydrogen-bond acceptors (Lipinski definition) is 4. The molecule has 0 bridgehead atoms. The van der Waals surface area contributed by atoms with Gasteiger partial charge in [-0.15, -0.1) is 0 Å². The van der Waals surface area contributed by atoms with Crippen molar-refractivity contribution in [1.82, 2.24) is 14.3 Å². The monoisotopic (exact) mass is 480 g/mol. The maximum Gasteiger partial charge on any atom is 0.211 e. The maximum absolute atomic E-state index is 12.8. The molecule has 1 saturated carbocycles. The SMILES string of the molecule is CS(=O)(=O)N1Cc2cc(Br)ccc2N(Cc2c[nH]cn2)CC1CC1CCCCC1. The molecule has 1 unspecified atom stereocenters. The van der Waals surface area contributed by atoms with Gasteiger partial charge in [0.1, 0.15) is 0 Å². The van der Waals surface area contributed by atoms with Crippen LogP contribution in [0.5, 0.6) is 0 Å². The number of nitrogens with zero attached hydrogens (tertiary/aromatic N) is 3. The third-order valence-corrected chi connectivity index (χ3v) is 7.98. The normalized spacial score (nSPS) is 21.7. The van der Waals surface area contributed by atoms with Gasteiger partial charge in [-0.1, -0.05) is 48.0 Å². The topological polar surface area (TPSA) is 69.3 Å². The Hall–Kier alpha value is -1.38. The summed E-state index contributed by atoms with van der Waals surface area (Å²) < 4.78 is 28.3. The van der Waals surface area contributed by atoms with Crippen LogP contribution in [0.2, 0.25) is 0 Å². The second kappa shape index (κ2) is 8.78. The van der Waals surface area contributed by atoms with E-state index in [0.717, 1.165) is 27.8 Å². The van der Waals surface area contributed by atoms with Crippen LogP contribution in [-0.4, -0.2) is 41.5 Å². The number of sulfonamides is 1. The Morgan fingerprint density at radius 3 is 2.72 bits per heavy atom. The van der Waals surface area contributed by atoms with Gasteiger partial charge in [0.15, 0.2) is 0 Å². The summed E-state index contributed by atoms with van der Waals surface area (Å²) in [7, 11) is -3.32. The Bertz CT molecular complexity index is 926. The third kappa shape index (κ3) is 5.03. The lowest BCUT2D eigenvalue weighted by Gasteiger charge is -2.34. The van der Waals surface area contributed by atoms with Crippen molar-refractivity contribution < 1.29 is 8.42 Å². The third-order valence-electron chi connectivity index (χ3n) is 6.21. The smallest absolute Gasteiger partial charge is 0.211 e. The van der Waals surface area contributed by atoms with Gasteiger partial charge in [0.05, 0.1) is 24.8 Å². The largest absolute Gasteiger partial charge is 0.364 e. The van der Waals surface area contributed by atoms with E-state index in [0.29, 0.717) is 25.6 Å². The van der Waals surface area contributed by atoms with Crippen LogP contribution in [0, 0.1) is 5.92 Å². The molecule has 2 aliphatic rings. The summed E-state index contributed by atoms with van der Waals surface area (Å²) >= 11 is 3.56. The molecule has 1 aromatic heterocycles. The fourth-order valence-corrected chi connectivity index (χ4v) is 6.32. The molecule has 29 heavy (non-hydrogen) atoms. The van der Waals surface area contributed by atoms with E-state index >= 15 is 0 Å². The van der Waals surface area contributed by atoms with Crippen molar-refractivity contribution in [2.75, 3.05) is 17.7 Å². The van der Waals surface area contributed by atoms with Crippen LogP contribution in [0.1, 0.15) is 49.8 Å².